The number of rotatable bonds is 1. The first-order valence-electron chi connectivity index (χ1n) is 4.17. The maximum Gasteiger partial charge on any atom is 0.123 e. The quantitative estimate of drug-likeness (QED) is 0.582. The third-order valence-electron chi connectivity index (χ3n) is 2.37. The Morgan fingerprint density at radius 1 is 1.45 bits per heavy atom. The SMILES string of the molecule is CC1(C)CC(O)CC(C=O)C1. The maximum atomic E-state index is 10.5. The van der Waals surface area contributed by atoms with Gasteiger partial charge in [0.25, 0.3) is 0 Å². The summed E-state index contributed by atoms with van der Waals surface area (Å²) in [6.07, 6.45) is 3.12. The lowest BCUT2D eigenvalue weighted by atomic mass is 9.71. The molecule has 0 amide bonds. The molecule has 1 saturated carbocycles. The Labute approximate surface area is 67.6 Å². The van der Waals surface area contributed by atoms with Crippen molar-refractivity contribution in [1.82, 2.24) is 0 Å². The van der Waals surface area contributed by atoms with Crippen LogP contribution in [0.25, 0.3) is 0 Å². The van der Waals surface area contributed by atoms with E-state index in [-0.39, 0.29) is 17.4 Å². The zero-order valence-electron chi connectivity index (χ0n) is 7.21. The molecule has 0 aromatic heterocycles. The van der Waals surface area contributed by atoms with E-state index in [1.165, 1.54) is 0 Å². The van der Waals surface area contributed by atoms with Gasteiger partial charge in [-0.1, -0.05) is 13.8 Å². The van der Waals surface area contributed by atoms with E-state index in [1.54, 1.807) is 0 Å². The van der Waals surface area contributed by atoms with E-state index < -0.39 is 0 Å². The summed E-state index contributed by atoms with van der Waals surface area (Å²) in [6.45, 7) is 4.21. The van der Waals surface area contributed by atoms with Crippen molar-refractivity contribution in [2.24, 2.45) is 11.3 Å². The molecule has 0 radical (unpaired) electrons. The smallest absolute Gasteiger partial charge is 0.123 e. The molecule has 1 fully saturated rings. The number of aldehydes is 1. The van der Waals surface area contributed by atoms with Crippen LogP contribution in [-0.2, 0) is 4.79 Å². The van der Waals surface area contributed by atoms with E-state index in [0.717, 1.165) is 19.1 Å². The van der Waals surface area contributed by atoms with Crippen molar-refractivity contribution in [2.45, 2.75) is 39.2 Å². The van der Waals surface area contributed by atoms with Crippen LogP contribution in [0.5, 0.6) is 0 Å². The molecule has 1 aliphatic carbocycles. The van der Waals surface area contributed by atoms with Gasteiger partial charge in [0.05, 0.1) is 6.10 Å². The van der Waals surface area contributed by atoms with E-state index in [1.807, 2.05) is 0 Å². The lowest BCUT2D eigenvalue weighted by Gasteiger charge is -2.35. The van der Waals surface area contributed by atoms with Gasteiger partial charge in [0.1, 0.15) is 6.29 Å². The molecule has 0 spiro atoms. The molecule has 1 rings (SSSR count). The minimum Gasteiger partial charge on any atom is -0.393 e. The number of carbonyl (C=O) groups excluding carboxylic acids is 1. The summed E-state index contributed by atoms with van der Waals surface area (Å²) >= 11 is 0. The van der Waals surface area contributed by atoms with Gasteiger partial charge in [0.2, 0.25) is 0 Å². The largest absolute Gasteiger partial charge is 0.393 e. The third-order valence-corrected chi connectivity index (χ3v) is 2.37. The Hall–Kier alpha value is -0.370. The maximum absolute atomic E-state index is 10.5. The first-order valence-corrected chi connectivity index (χ1v) is 4.17. The molecule has 2 heteroatoms. The van der Waals surface area contributed by atoms with Crippen LogP contribution >= 0.6 is 0 Å². The van der Waals surface area contributed by atoms with Crippen LogP contribution in [0.3, 0.4) is 0 Å². The summed E-state index contributed by atoms with van der Waals surface area (Å²) in [5.74, 6) is 0.0775. The van der Waals surface area contributed by atoms with Crippen molar-refractivity contribution in [2.75, 3.05) is 0 Å². The second-order valence-corrected chi connectivity index (χ2v) is 4.36. The van der Waals surface area contributed by atoms with Gasteiger partial charge in [0, 0.05) is 5.92 Å². The summed E-state index contributed by atoms with van der Waals surface area (Å²) in [5, 5.41) is 9.39. The predicted molar refractivity (Wildman–Crippen MR) is 43.2 cm³/mol. The normalized spacial score (nSPS) is 36.6. The molecule has 0 bridgehead atoms. The van der Waals surface area contributed by atoms with Gasteiger partial charge in [0.15, 0.2) is 0 Å². The number of hydrogen-bond acceptors (Lipinski definition) is 2. The fourth-order valence-electron chi connectivity index (χ4n) is 2.05. The van der Waals surface area contributed by atoms with E-state index in [0.29, 0.717) is 6.42 Å². The van der Waals surface area contributed by atoms with Crippen LogP contribution in [0.1, 0.15) is 33.1 Å². The van der Waals surface area contributed by atoms with Gasteiger partial charge < -0.3 is 9.90 Å². The average Bonchev–Trinajstić information content (AvgIpc) is 1.83. The van der Waals surface area contributed by atoms with Crippen LogP contribution in [0.15, 0.2) is 0 Å². The lowest BCUT2D eigenvalue weighted by molar-refractivity contribution is -0.115. The van der Waals surface area contributed by atoms with Crippen molar-refractivity contribution < 1.29 is 9.90 Å². The molecular formula is C9H16O2. The molecule has 0 heterocycles. The number of aliphatic hydroxyl groups excluding tert-OH is 1. The Morgan fingerprint density at radius 3 is 2.55 bits per heavy atom. The summed E-state index contributed by atoms with van der Waals surface area (Å²) in [7, 11) is 0. The molecule has 0 aromatic carbocycles. The van der Waals surface area contributed by atoms with Gasteiger partial charge in [-0.05, 0) is 24.7 Å². The highest BCUT2D eigenvalue weighted by atomic mass is 16.3. The summed E-state index contributed by atoms with van der Waals surface area (Å²) in [5.41, 5.74) is 0.142. The van der Waals surface area contributed by atoms with Gasteiger partial charge in [-0.3, -0.25) is 0 Å². The lowest BCUT2D eigenvalue weighted by Crippen LogP contribution is -2.32. The van der Waals surface area contributed by atoms with Crippen molar-refractivity contribution in [1.29, 1.82) is 0 Å². The molecule has 0 saturated heterocycles. The van der Waals surface area contributed by atoms with Gasteiger partial charge >= 0.3 is 0 Å². The van der Waals surface area contributed by atoms with E-state index >= 15 is 0 Å². The van der Waals surface area contributed by atoms with Crippen molar-refractivity contribution >= 4 is 6.29 Å². The average molecular weight is 156 g/mol. The van der Waals surface area contributed by atoms with Crippen LogP contribution in [0.2, 0.25) is 0 Å². The second-order valence-electron chi connectivity index (χ2n) is 4.36. The fourth-order valence-corrected chi connectivity index (χ4v) is 2.05. The van der Waals surface area contributed by atoms with Crippen molar-refractivity contribution in [3.63, 3.8) is 0 Å². The predicted octanol–water partition coefficient (Wildman–Crippen LogP) is 1.37. The number of carbonyl (C=O) groups is 1. The van der Waals surface area contributed by atoms with Crippen LogP contribution in [0, 0.1) is 11.3 Å². The highest BCUT2D eigenvalue weighted by Crippen LogP contribution is 2.37. The topological polar surface area (TPSA) is 37.3 Å². The molecule has 11 heavy (non-hydrogen) atoms. The van der Waals surface area contributed by atoms with Crippen LogP contribution < -0.4 is 0 Å². The molecule has 0 aliphatic heterocycles. The van der Waals surface area contributed by atoms with Gasteiger partial charge in [-0.2, -0.15) is 0 Å². The van der Waals surface area contributed by atoms with E-state index in [2.05, 4.69) is 13.8 Å². The highest BCUT2D eigenvalue weighted by Gasteiger charge is 2.32. The molecule has 1 aliphatic rings. The summed E-state index contributed by atoms with van der Waals surface area (Å²) in [4.78, 5) is 10.5. The van der Waals surface area contributed by atoms with Crippen molar-refractivity contribution in [3.05, 3.63) is 0 Å². The fraction of sp³-hybridized carbons (Fsp3) is 0.889. The third kappa shape index (κ3) is 2.29. The number of aliphatic hydroxyl groups is 1. The molecule has 1 N–H and O–H groups in total. The molecule has 64 valence electrons. The summed E-state index contributed by atoms with van der Waals surface area (Å²) in [6, 6.07) is 0. The highest BCUT2D eigenvalue weighted by molar-refractivity contribution is 5.53. The van der Waals surface area contributed by atoms with E-state index in [9.17, 15) is 9.90 Å². The first kappa shape index (κ1) is 8.72. The molecule has 2 unspecified atom stereocenters. The minimum absolute atomic E-state index is 0.0775. The van der Waals surface area contributed by atoms with Crippen molar-refractivity contribution in [3.8, 4) is 0 Å². The Kier molecular flexibility index (Phi) is 2.33. The molecule has 2 atom stereocenters. The molecule has 0 aromatic rings. The number of hydrogen-bond donors (Lipinski definition) is 1. The zero-order chi connectivity index (χ0) is 8.48. The summed E-state index contributed by atoms with van der Waals surface area (Å²) < 4.78 is 0. The molecular weight excluding hydrogens is 140 g/mol. The minimum atomic E-state index is -0.269. The Balaban J connectivity index is 2.57. The van der Waals surface area contributed by atoms with Crippen LogP contribution in [-0.4, -0.2) is 17.5 Å². The monoisotopic (exact) mass is 156 g/mol. The zero-order valence-corrected chi connectivity index (χ0v) is 7.21. The standard InChI is InChI=1S/C9H16O2/c1-9(2)4-7(6-10)3-8(11)5-9/h6-8,11H,3-5H2,1-2H3. The van der Waals surface area contributed by atoms with E-state index in [4.69, 9.17) is 0 Å². The van der Waals surface area contributed by atoms with Gasteiger partial charge in [-0.25, -0.2) is 0 Å². The Morgan fingerprint density at radius 2 is 2.09 bits per heavy atom. The Bertz CT molecular complexity index is 152. The first-order chi connectivity index (χ1) is 5.03. The van der Waals surface area contributed by atoms with Gasteiger partial charge in [-0.15, -0.1) is 0 Å². The van der Waals surface area contributed by atoms with Crippen LogP contribution in [0.4, 0.5) is 0 Å². The molecule has 2 nitrogen and oxygen atoms in total. The second kappa shape index (κ2) is 2.94.